The second kappa shape index (κ2) is 7.82. The smallest absolute Gasteiger partial charge is 0.321 e. The van der Waals surface area contributed by atoms with Gasteiger partial charge in [0.05, 0.1) is 16.0 Å². The third-order valence-electron chi connectivity index (χ3n) is 4.24. The van der Waals surface area contributed by atoms with Gasteiger partial charge in [-0.3, -0.25) is 19.3 Å². The highest BCUT2D eigenvalue weighted by molar-refractivity contribution is 9.10. The molecule has 146 valence electrons. The molecule has 0 bridgehead atoms. The number of hydrogen-bond donors (Lipinski definition) is 2. The molecule has 2 aromatic carbocycles. The molecule has 0 saturated carbocycles. The number of rotatable bonds is 7. The lowest BCUT2D eigenvalue weighted by atomic mass is 10.1. The van der Waals surface area contributed by atoms with Crippen molar-refractivity contribution >= 4 is 43.7 Å². The number of hydrogen-bond acceptors (Lipinski definition) is 5. The minimum Gasteiger partial charge on any atom is -0.480 e. The van der Waals surface area contributed by atoms with E-state index in [2.05, 4.69) is 20.7 Å². The maximum atomic E-state index is 12.4. The van der Waals surface area contributed by atoms with Gasteiger partial charge in [0, 0.05) is 11.0 Å². The molecule has 1 aliphatic heterocycles. The first kappa shape index (κ1) is 20.2. The fourth-order valence-corrected chi connectivity index (χ4v) is 4.29. The number of carboxylic acid groups (broad SMARTS) is 1. The molecule has 3 rings (SSSR count). The highest BCUT2D eigenvalue weighted by Crippen LogP contribution is 2.23. The van der Waals surface area contributed by atoms with Crippen LogP contribution in [0.5, 0.6) is 0 Å². The number of aliphatic carboxylic acids is 1. The molecule has 1 aliphatic rings. The molecule has 28 heavy (non-hydrogen) atoms. The van der Waals surface area contributed by atoms with Crippen LogP contribution in [0.15, 0.2) is 57.9 Å². The largest absolute Gasteiger partial charge is 0.480 e. The van der Waals surface area contributed by atoms with Crippen LogP contribution in [0, 0.1) is 0 Å². The quantitative estimate of drug-likeness (QED) is 0.600. The molecule has 2 N–H and O–H groups in total. The molecular weight excluding hydrogens is 452 g/mol. The normalized spacial score (nSPS) is 14.8. The van der Waals surface area contributed by atoms with Crippen molar-refractivity contribution in [2.75, 3.05) is 6.54 Å². The van der Waals surface area contributed by atoms with Crippen molar-refractivity contribution in [2.24, 2.45) is 0 Å². The predicted octanol–water partition coefficient (Wildman–Crippen LogP) is 1.87. The Balaban J connectivity index is 1.73. The Kier molecular flexibility index (Phi) is 5.64. The maximum absolute atomic E-state index is 12.4. The van der Waals surface area contributed by atoms with Crippen LogP contribution in [0.1, 0.15) is 27.1 Å². The van der Waals surface area contributed by atoms with E-state index in [1.807, 2.05) is 0 Å². The van der Waals surface area contributed by atoms with Crippen LogP contribution in [0.25, 0.3) is 0 Å². The van der Waals surface area contributed by atoms with Crippen molar-refractivity contribution in [3.63, 3.8) is 0 Å². The zero-order valence-corrected chi connectivity index (χ0v) is 16.7. The zero-order chi connectivity index (χ0) is 20.5. The second-order valence-corrected chi connectivity index (χ2v) is 8.69. The van der Waals surface area contributed by atoms with E-state index in [4.69, 9.17) is 0 Å². The summed E-state index contributed by atoms with van der Waals surface area (Å²) in [5.41, 5.74) is 0.490. The minimum absolute atomic E-state index is 0.0947. The van der Waals surface area contributed by atoms with Crippen molar-refractivity contribution in [1.82, 2.24) is 9.62 Å². The van der Waals surface area contributed by atoms with Crippen molar-refractivity contribution in [1.29, 1.82) is 0 Å². The van der Waals surface area contributed by atoms with E-state index >= 15 is 0 Å². The number of sulfonamides is 1. The van der Waals surface area contributed by atoms with Crippen LogP contribution >= 0.6 is 15.9 Å². The van der Waals surface area contributed by atoms with Gasteiger partial charge in [0.2, 0.25) is 10.0 Å². The summed E-state index contributed by atoms with van der Waals surface area (Å²) in [6.45, 7) is -0.230. The number of imide groups is 1. The number of carbonyl (C=O) groups is 3. The number of amides is 2. The lowest BCUT2D eigenvalue weighted by Gasteiger charge is -2.18. The van der Waals surface area contributed by atoms with Gasteiger partial charge in [0.1, 0.15) is 6.04 Å². The monoisotopic (exact) mass is 466 g/mol. The fraction of sp³-hybridized carbons (Fsp3) is 0.167. The number of benzene rings is 2. The Morgan fingerprint density at radius 1 is 1.04 bits per heavy atom. The molecule has 0 aromatic heterocycles. The summed E-state index contributed by atoms with van der Waals surface area (Å²) in [4.78, 5) is 37.0. The summed E-state index contributed by atoms with van der Waals surface area (Å²) in [5, 5.41) is 9.38. The van der Waals surface area contributed by atoms with E-state index in [9.17, 15) is 27.9 Å². The average molecular weight is 467 g/mol. The van der Waals surface area contributed by atoms with E-state index in [1.54, 1.807) is 12.1 Å². The van der Waals surface area contributed by atoms with Crippen molar-refractivity contribution in [2.45, 2.75) is 17.4 Å². The average Bonchev–Trinajstić information content (AvgIpc) is 2.90. The first-order valence-corrected chi connectivity index (χ1v) is 10.4. The second-order valence-electron chi connectivity index (χ2n) is 6.06. The Hall–Kier alpha value is -2.56. The van der Waals surface area contributed by atoms with Gasteiger partial charge in [-0.2, -0.15) is 4.72 Å². The molecule has 10 heteroatoms. The molecule has 1 atom stereocenters. The van der Waals surface area contributed by atoms with E-state index < -0.39 is 33.8 Å². The van der Waals surface area contributed by atoms with Crippen LogP contribution < -0.4 is 4.72 Å². The summed E-state index contributed by atoms with van der Waals surface area (Å²) in [5.74, 6) is -2.46. The molecule has 0 saturated heterocycles. The summed E-state index contributed by atoms with van der Waals surface area (Å²) >= 11 is 3.19. The third-order valence-corrected chi connectivity index (χ3v) is 6.26. The van der Waals surface area contributed by atoms with Gasteiger partial charge in [0.15, 0.2) is 0 Å². The number of fused-ring (bicyclic) bond motifs is 1. The molecule has 0 unspecified atom stereocenters. The Labute approximate surface area is 169 Å². The van der Waals surface area contributed by atoms with Crippen LogP contribution in [-0.4, -0.2) is 48.8 Å². The van der Waals surface area contributed by atoms with Crippen LogP contribution in [0.4, 0.5) is 0 Å². The first-order chi connectivity index (χ1) is 13.2. The Morgan fingerprint density at radius 2 is 1.57 bits per heavy atom. The topological polar surface area (TPSA) is 121 Å². The molecule has 2 aromatic rings. The third kappa shape index (κ3) is 3.98. The number of nitrogens with one attached hydrogen (secondary N) is 1. The fourth-order valence-electron chi connectivity index (χ4n) is 2.80. The highest BCUT2D eigenvalue weighted by atomic mass is 79.9. The molecule has 0 aliphatic carbocycles. The molecule has 2 amide bonds. The predicted molar refractivity (Wildman–Crippen MR) is 102 cm³/mol. The standard InChI is InChI=1S/C18H15BrN2O6S/c19-11-5-7-12(8-6-11)28(26,27)20-15(18(24)25)9-10-21-16(22)13-3-1-2-4-14(13)17(21)23/h1-8,15,20H,9-10H2,(H,24,25)/t15-/m1/s1. The van der Waals surface area contributed by atoms with Gasteiger partial charge in [-0.05, 0) is 42.8 Å². The molecule has 1 heterocycles. The zero-order valence-electron chi connectivity index (χ0n) is 14.3. The van der Waals surface area contributed by atoms with Crippen molar-refractivity contribution in [3.8, 4) is 0 Å². The number of carboxylic acids is 1. The van der Waals surface area contributed by atoms with Gasteiger partial charge >= 0.3 is 5.97 Å². The van der Waals surface area contributed by atoms with Crippen molar-refractivity contribution < 1.29 is 27.9 Å². The first-order valence-electron chi connectivity index (χ1n) is 8.16. The van der Waals surface area contributed by atoms with Crippen molar-refractivity contribution in [3.05, 3.63) is 64.1 Å². The summed E-state index contributed by atoms with van der Waals surface area (Å²) in [7, 11) is -4.09. The van der Waals surface area contributed by atoms with Gasteiger partial charge in [-0.15, -0.1) is 0 Å². The van der Waals surface area contributed by atoms with E-state index in [1.165, 1.54) is 36.4 Å². The molecule has 8 nitrogen and oxygen atoms in total. The number of nitrogens with zero attached hydrogens (tertiary/aromatic N) is 1. The molecule has 0 radical (unpaired) electrons. The Bertz CT molecular complexity index is 1020. The van der Waals surface area contributed by atoms with E-state index in [0.29, 0.717) is 4.47 Å². The molecule has 0 spiro atoms. The summed E-state index contributed by atoms with van der Waals surface area (Å²) in [6.07, 6.45) is -0.267. The SMILES string of the molecule is O=C(O)[C@@H](CCN1C(=O)c2ccccc2C1=O)NS(=O)(=O)c1ccc(Br)cc1. The van der Waals surface area contributed by atoms with Crippen LogP contribution in [-0.2, 0) is 14.8 Å². The lowest BCUT2D eigenvalue weighted by molar-refractivity contribution is -0.139. The van der Waals surface area contributed by atoms with E-state index in [0.717, 1.165) is 4.90 Å². The number of halogens is 1. The van der Waals surface area contributed by atoms with Crippen LogP contribution in [0.2, 0.25) is 0 Å². The molecule has 0 fully saturated rings. The van der Waals surface area contributed by atoms with Gasteiger partial charge in [0.25, 0.3) is 11.8 Å². The van der Waals surface area contributed by atoms with Crippen LogP contribution in [0.3, 0.4) is 0 Å². The molecular formula is C18H15BrN2O6S. The van der Waals surface area contributed by atoms with Gasteiger partial charge in [-0.1, -0.05) is 28.1 Å². The summed E-state index contributed by atoms with van der Waals surface area (Å²) in [6, 6.07) is 10.5. The summed E-state index contributed by atoms with van der Waals surface area (Å²) < 4.78 is 27.6. The number of carbonyl (C=O) groups excluding carboxylic acids is 2. The van der Waals surface area contributed by atoms with Gasteiger partial charge in [-0.25, -0.2) is 8.42 Å². The van der Waals surface area contributed by atoms with Gasteiger partial charge < -0.3 is 5.11 Å². The lowest BCUT2D eigenvalue weighted by Crippen LogP contribution is -2.43. The van der Waals surface area contributed by atoms with E-state index in [-0.39, 0.29) is 29.0 Å². The minimum atomic E-state index is -4.09. The maximum Gasteiger partial charge on any atom is 0.321 e. The Morgan fingerprint density at radius 3 is 2.07 bits per heavy atom. The highest BCUT2D eigenvalue weighted by Gasteiger charge is 2.36.